The van der Waals surface area contributed by atoms with E-state index in [1.165, 1.54) is 0 Å². The first-order valence-corrected chi connectivity index (χ1v) is 11.6. The van der Waals surface area contributed by atoms with Crippen LogP contribution in [0.4, 0.5) is 0 Å². The maximum atomic E-state index is 11.8. The van der Waals surface area contributed by atoms with Crippen molar-refractivity contribution in [3.8, 4) is 137 Å². The number of aryl methyl sites for hydroxylation is 1. The third kappa shape index (κ3) is 19.0. The van der Waals surface area contributed by atoms with Crippen LogP contribution in [0.5, 0.6) is 5.75 Å². The highest BCUT2D eigenvalue weighted by Crippen LogP contribution is 2.17. The molecule has 0 aliphatic carbocycles. The predicted octanol–water partition coefficient (Wildman–Crippen LogP) is 2.39. The van der Waals surface area contributed by atoms with Crippen LogP contribution in [0.1, 0.15) is 30.9 Å². The number of hydrogen-bond acceptors (Lipinski definition) is 5. The smallest absolute Gasteiger partial charge is 0.306 e. The Hall–Kier alpha value is -6.88. The van der Waals surface area contributed by atoms with E-state index in [1.807, 2.05) is 13.0 Å². The molecule has 0 unspecified atom stereocenters. The Morgan fingerprint density at radius 2 is 1.07 bits per heavy atom. The molecule has 0 fully saturated rings. The lowest BCUT2D eigenvalue weighted by molar-refractivity contribution is -0.150. The fraction of sp³-hybridized carbons (Fsp3) is 0.167. The Kier molecular flexibility index (Phi) is 17.5. The van der Waals surface area contributed by atoms with Crippen molar-refractivity contribution in [3.05, 3.63) is 29.3 Å². The molecule has 0 N–H and O–H groups in total. The summed E-state index contributed by atoms with van der Waals surface area (Å²) in [5, 5.41) is 0. The zero-order chi connectivity index (χ0) is 29.8. The van der Waals surface area contributed by atoms with Crippen molar-refractivity contribution in [2.24, 2.45) is 0 Å². The Balaban J connectivity index is 2.51. The fourth-order valence-corrected chi connectivity index (χ4v) is 2.32. The summed E-state index contributed by atoms with van der Waals surface area (Å²) in [6.07, 6.45) is 7.32. The van der Waals surface area contributed by atoms with Crippen molar-refractivity contribution in [1.82, 2.24) is 0 Å². The highest BCUT2D eigenvalue weighted by Gasteiger charge is 2.09. The Bertz CT molecular complexity index is 1840. The lowest BCUT2D eigenvalue weighted by atomic mass is 10.1. The second-order valence-electron chi connectivity index (χ2n) is 6.84. The zero-order valence-electron chi connectivity index (χ0n) is 22.2. The largest absolute Gasteiger partial charge is 0.466 e. The van der Waals surface area contributed by atoms with Gasteiger partial charge in [0.1, 0.15) is 18.5 Å². The van der Waals surface area contributed by atoms with E-state index in [-0.39, 0.29) is 26.1 Å². The maximum Gasteiger partial charge on any atom is 0.306 e. The van der Waals surface area contributed by atoms with Crippen molar-refractivity contribution in [3.63, 3.8) is 0 Å². The van der Waals surface area contributed by atoms with Gasteiger partial charge < -0.3 is 14.2 Å². The molecule has 0 aromatic heterocycles. The molecule has 0 spiro atoms. The summed E-state index contributed by atoms with van der Waals surface area (Å²) in [6, 6.07) is 5.30. The first kappa shape index (κ1) is 32.1. The molecule has 1 aromatic rings. The first-order chi connectivity index (χ1) is 20.0. The number of esters is 2. The van der Waals surface area contributed by atoms with Crippen molar-refractivity contribution in [1.29, 1.82) is 0 Å². The summed E-state index contributed by atoms with van der Waals surface area (Å²) < 4.78 is 15.3. The number of rotatable bonds is 7. The molecule has 0 saturated carbocycles. The summed E-state index contributed by atoms with van der Waals surface area (Å²) in [5.74, 6) is 48.8. The number of hydrogen-bond donors (Lipinski definition) is 0. The van der Waals surface area contributed by atoms with E-state index < -0.39 is 11.9 Å². The molecule has 5 nitrogen and oxygen atoms in total. The normalized spacial score (nSPS) is 6.85. The molecule has 0 atom stereocenters. The van der Waals surface area contributed by atoms with E-state index in [4.69, 9.17) is 20.6 Å². The zero-order valence-corrected chi connectivity index (χ0v) is 22.2. The average molecular weight is 531 g/mol. The molecule has 0 bridgehead atoms. The van der Waals surface area contributed by atoms with E-state index in [0.29, 0.717) is 11.3 Å². The standard InChI is InChI=1S/C36H18O5/c1-4-6-7-8-9-10-11-12-13-14-15-16-17-18-19-20-21-22-23-24-27-40-34-29-32(3)28-33(30-34)31-41-36(38)26-25-35(37)39-5-2/h1,28-30H,5,25-26,31H2,2-3H3. The average Bonchev–Trinajstić information content (AvgIpc) is 2.95. The summed E-state index contributed by atoms with van der Waals surface area (Å²) in [7, 11) is 0. The molecular formula is C36H18O5. The van der Waals surface area contributed by atoms with Gasteiger partial charge in [0.15, 0.2) is 0 Å². The lowest BCUT2D eigenvalue weighted by Crippen LogP contribution is -2.10. The molecule has 0 amide bonds. The van der Waals surface area contributed by atoms with Crippen LogP contribution in [0.15, 0.2) is 18.2 Å². The van der Waals surface area contributed by atoms with Crippen LogP contribution in [0.25, 0.3) is 0 Å². The fourth-order valence-electron chi connectivity index (χ4n) is 2.32. The van der Waals surface area contributed by atoms with Gasteiger partial charge in [0.05, 0.1) is 19.4 Å². The molecule has 0 radical (unpaired) electrons. The molecule has 5 heteroatoms. The van der Waals surface area contributed by atoms with Crippen molar-refractivity contribution in [2.75, 3.05) is 6.61 Å². The van der Waals surface area contributed by atoms with Gasteiger partial charge in [-0.2, -0.15) is 0 Å². The minimum Gasteiger partial charge on any atom is -0.466 e. The second-order valence-corrected chi connectivity index (χ2v) is 6.84. The van der Waals surface area contributed by atoms with E-state index in [0.717, 1.165) is 5.56 Å². The highest BCUT2D eigenvalue weighted by atomic mass is 16.5. The second kappa shape index (κ2) is 22.3. The molecule has 1 rings (SSSR count). The molecule has 0 aliphatic heterocycles. The number of carbonyl (C=O) groups is 2. The first-order valence-electron chi connectivity index (χ1n) is 11.6. The van der Waals surface area contributed by atoms with Crippen LogP contribution in [0, 0.1) is 138 Å². The van der Waals surface area contributed by atoms with Gasteiger partial charge in [0.25, 0.3) is 0 Å². The van der Waals surface area contributed by atoms with Gasteiger partial charge in [-0.1, -0.05) is 6.07 Å². The topological polar surface area (TPSA) is 61.8 Å². The molecule has 192 valence electrons. The third-order valence-corrected chi connectivity index (χ3v) is 3.77. The van der Waals surface area contributed by atoms with Crippen LogP contribution >= 0.6 is 0 Å². The SMILES string of the molecule is C#CC#CC#CC#CC#CC#CC#CC#CC#CC#CC#COc1cc(C)cc(COC(=O)CCC(=O)OCC)c1. The van der Waals surface area contributed by atoms with Crippen LogP contribution < -0.4 is 4.74 Å². The monoisotopic (exact) mass is 530 g/mol. The minimum atomic E-state index is -0.497. The Morgan fingerprint density at radius 3 is 1.54 bits per heavy atom. The molecule has 0 aliphatic rings. The van der Waals surface area contributed by atoms with Crippen molar-refractivity contribution < 1.29 is 23.8 Å². The molecule has 1 aromatic carbocycles. The summed E-state index contributed by atoms with van der Waals surface area (Å²) >= 11 is 0. The van der Waals surface area contributed by atoms with Gasteiger partial charge in [-0.3, -0.25) is 9.59 Å². The summed E-state index contributed by atoms with van der Waals surface area (Å²) in [4.78, 5) is 23.1. The van der Waals surface area contributed by atoms with Gasteiger partial charge in [0.2, 0.25) is 0 Å². The molecular weight excluding hydrogens is 512 g/mol. The minimum absolute atomic E-state index is 0.0245. The lowest BCUT2D eigenvalue weighted by Gasteiger charge is -2.07. The quantitative estimate of drug-likeness (QED) is 0.400. The van der Waals surface area contributed by atoms with Gasteiger partial charge >= 0.3 is 11.9 Å². The number of carbonyl (C=O) groups excluding carboxylic acids is 2. The summed E-state index contributed by atoms with van der Waals surface area (Å²) in [5.41, 5.74) is 1.60. The Morgan fingerprint density at radius 1 is 0.634 bits per heavy atom. The van der Waals surface area contributed by atoms with Gasteiger partial charge in [-0.15, -0.1) is 6.42 Å². The number of terminal acetylenes is 1. The van der Waals surface area contributed by atoms with Gasteiger partial charge in [-0.05, 0) is 84.5 Å². The van der Waals surface area contributed by atoms with Crippen LogP contribution in [-0.2, 0) is 25.7 Å². The predicted molar refractivity (Wildman–Crippen MR) is 154 cm³/mol. The van der Waals surface area contributed by atoms with Crippen LogP contribution in [-0.4, -0.2) is 18.5 Å². The van der Waals surface area contributed by atoms with E-state index in [1.54, 1.807) is 19.1 Å². The maximum absolute atomic E-state index is 11.8. The van der Waals surface area contributed by atoms with Gasteiger partial charge in [0, 0.05) is 71.0 Å². The molecule has 41 heavy (non-hydrogen) atoms. The van der Waals surface area contributed by atoms with Crippen LogP contribution in [0.2, 0.25) is 0 Å². The third-order valence-electron chi connectivity index (χ3n) is 3.77. The van der Waals surface area contributed by atoms with E-state index in [2.05, 4.69) is 125 Å². The highest BCUT2D eigenvalue weighted by molar-refractivity contribution is 5.77. The van der Waals surface area contributed by atoms with Crippen molar-refractivity contribution >= 4 is 11.9 Å². The van der Waals surface area contributed by atoms with Crippen molar-refractivity contribution in [2.45, 2.75) is 33.3 Å². The number of ether oxygens (including phenoxy) is 3. The Labute approximate surface area is 241 Å². The molecule has 0 saturated heterocycles. The van der Waals surface area contributed by atoms with Crippen LogP contribution in [0.3, 0.4) is 0 Å². The van der Waals surface area contributed by atoms with E-state index >= 15 is 0 Å². The number of benzene rings is 1. The van der Waals surface area contributed by atoms with Gasteiger partial charge in [-0.25, -0.2) is 0 Å². The summed E-state index contributed by atoms with van der Waals surface area (Å²) in [6.45, 7) is 3.86. The van der Waals surface area contributed by atoms with E-state index in [9.17, 15) is 9.59 Å². The molecule has 0 heterocycles.